The van der Waals surface area contributed by atoms with E-state index < -0.39 is 0 Å². The Bertz CT molecular complexity index is 198. The van der Waals surface area contributed by atoms with E-state index in [2.05, 4.69) is 31.4 Å². The Labute approximate surface area is 93.0 Å². The molecule has 3 nitrogen and oxygen atoms in total. The van der Waals surface area contributed by atoms with Gasteiger partial charge in [0.05, 0.1) is 5.92 Å². The Morgan fingerprint density at radius 1 is 1.47 bits per heavy atom. The van der Waals surface area contributed by atoms with Gasteiger partial charge in [-0.2, -0.15) is 0 Å². The van der Waals surface area contributed by atoms with Crippen LogP contribution in [-0.4, -0.2) is 25.0 Å². The summed E-state index contributed by atoms with van der Waals surface area (Å²) in [5.74, 6) is 1.06. The van der Waals surface area contributed by atoms with E-state index in [9.17, 15) is 4.79 Å². The van der Waals surface area contributed by atoms with E-state index in [1.807, 2.05) is 0 Å². The average Bonchev–Trinajstić information content (AvgIpc) is 2.17. The first kappa shape index (κ1) is 12.5. The third-order valence-electron chi connectivity index (χ3n) is 2.88. The fraction of sp³-hybridized carbons (Fsp3) is 0.917. The molecule has 1 aliphatic rings. The molecule has 0 saturated carbocycles. The summed E-state index contributed by atoms with van der Waals surface area (Å²) in [6.07, 6.45) is 3.22. The molecule has 2 N–H and O–H groups in total. The van der Waals surface area contributed by atoms with Crippen LogP contribution >= 0.6 is 0 Å². The molecule has 0 aliphatic carbocycles. The number of hydrogen-bond donors (Lipinski definition) is 2. The lowest BCUT2D eigenvalue weighted by Gasteiger charge is -2.24. The van der Waals surface area contributed by atoms with Crippen LogP contribution in [0.25, 0.3) is 0 Å². The number of hydrogen-bond acceptors (Lipinski definition) is 2. The minimum Gasteiger partial charge on any atom is -0.353 e. The predicted octanol–water partition coefficient (Wildman–Crippen LogP) is 1.54. The van der Waals surface area contributed by atoms with Crippen LogP contribution in [0.2, 0.25) is 0 Å². The largest absolute Gasteiger partial charge is 0.353 e. The summed E-state index contributed by atoms with van der Waals surface area (Å²) < 4.78 is 0. The quantitative estimate of drug-likeness (QED) is 0.742. The molecule has 1 unspecified atom stereocenters. The van der Waals surface area contributed by atoms with Crippen LogP contribution in [-0.2, 0) is 4.79 Å². The lowest BCUT2D eigenvalue weighted by Crippen LogP contribution is -2.43. The second-order valence-corrected chi connectivity index (χ2v) is 5.08. The number of carbonyl (C=O) groups is 1. The molecule has 1 rings (SSSR count). The van der Waals surface area contributed by atoms with Crippen LogP contribution < -0.4 is 10.6 Å². The SMILES string of the molecule is CC(C)CC(C)NC(=O)[C@@H]1CCCNC1. The van der Waals surface area contributed by atoms with Crippen LogP contribution in [0.15, 0.2) is 0 Å². The van der Waals surface area contributed by atoms with Crippen LogP contribution in [0.1, 0.15) is 40.0 Å². The molecule has 0 bridgehead atoms. The Balaban J connectivity index is 2.27. The summed E-state index contributed by atoms with van der Waals surface area (Å²) in [4.78, 5) is 11.8. The van der Waals surface area contributed by atoms with Gasteiger partial charge in [-0.25, -0.2) is 0 Å². The maximum Gasteiger partial charge on any atom is 0.224 e. The summed E-state index contributed by atoms with van der Waals surface area (Å²) in [6.45, 7) is 8.37. The van der Waals surface area contributed by atoms with E-state index in [-0.39, 0.29) is 11.8 Å². The molecular formula is C12H24N2O. The van der Waals surface area contributed by atoms with Crippen molar-refractivity contribution in [2.75, 3.05) is 13.1 Å². The topological polar surface area (TPSA) is 41.1 Å². The second kappa shape index (κ2) is 6.11. The normalized spacial score (nSPS) is 23.9. The fourth-order valence-corrected chi connectivity index (χ4v) is 2.20. The summed E-state index contributed by atoms with van der Waals surface area (Å²) >= 11 is 0. The summed E-state index contributed by atoms with van der Waals surface area (Å²) in [5.41, 5.74) is 0. The predicted molar refractivity (Wildman–Crippen MR) is 62.7 cm³/mol. The van der Waals surface area contributed by atoms with Gasteiger partial charge in [0.1, 0.15) is 0 Å². The van der Waals surface area contributed by atoms with Crippen molar-refractivity contribution in [3.8, 4) is 0 Å². The summed E-state index contributed by atoms with van der Waals surface area (Å²) in [5, 5.41) is 6.37. The van der Waals surface area contributed by atoms with Crippen LogP contribution in [0.3, 0.4) is 0 Å². The van der Waals surface area contributed by atoms with Crippen molar-refractivity contribution in [3.63, 3.8) is 0 Å². The number of nitrogens with one attached hydrogen (secondary N) is 2. The first-order chi connectivity index (χ1) is 7.09. The lowest BCUT2D eigenvalue weighted by molar-refractivity contribution is -0.126. The van der Waals surface area contributed by atoms with Gasteiger partial charge < -0.3 is 10.6 Å². The van der Waals surface area contributed by atoms with E-state index in [1.54, 1.807) is 0 Å². The van der Waals surface area contributed by atoms with Crippen molar-refractivity contribution < 1.29 is 4.79 Å². The molecule has 0 radical (unpaired) electrons. The molecule has 0 aromatic heterocycles. The lowest BCUT2D eigenvalue weighted by atomic mass is 9.97. The Morgan fingerprint density at radius 2 is 2.20 bits per heavy atom. The Kier molecular flexibility index (Phi) is 5.09. The molecule has 2 atom stereocenters. The van der Waals surface area contributed by atoms with Crippen molar-refractivity contribution in [1.29, 1.82) is 0 Å². The molecule has 1 heterocycles. The second-order valence-electron chi connectivity index (χ2n) is 5.08. The van der Waals surface area contributed by atoms with Crippen molar-refractivity contribution >= 4 is 5.91 Å². The van der Waals surface area contributed by atoms with E-state index in [1.165, 1.54) is 0 Å². The maximum absolute atomic E-state index is 11.8. The van der Waals surface area contributed by atoms with Crippen molar-refractivity contribution in [1.82, 2.24) is 10.6 Å². The van der Waals surface area contributed by atoms with E-state index in [0.717, 1.165) is 32.4 Å². The number of rotatable bonds is 4. The van der Waals surface area contributed by atoms with Crippen LogP contribution in [0.4, 0.5) is 0 Å². The molecule has 0 aromatic rings. The molecular weight excluding hydrogens is 188 g/mol. The zero-order valence-electron chi connectivity index (χ0n) is 10.2. The van der Waals surface area contributed by atoms with Crippen LogP contribution in [0, 0.1) is 11.8 Å². The number of amides is 1. The highest BCUT2D eigenvalue weighted by molar-refractivity contribution is 5.79. The molecule has 1 fully saturated rings. The summed E-state index contributed by atoms with van der Waals surface area (Å²) in [7, 11) is 0. The van der Waals surface area contributed by atoms with Gasteiger partial charge in [-0.1, -0.05) is 13.8 Å². The smallest absolute Gasteiger partial charge is 0.224 e. The van der Waals surface area contributed by atoms with Gasteiger partial charge in [-0.05, 0) is 38.6 Å². The average molecular weight is 212 g/mol. The Hall–Kier alpha value is -0.570. The zero-order valence-corrected chi connectivity index (χ0v) is 10.2. The highest BCUT2D eigenvalue weighted by Gasteiger charge is 2.21. The standard InChI is InChI=1S/C12H24N2O/c1-9(2)7-10(3)14-12(15)11-5-4-6-13-8-11/h9-11,13H,4-8H2,1-3H3,(H,14,15)/t10?,11-/m1/s1. The van der Waals surface area contributed by atoms with Gasteiger partial charge in [0, 0.05) is 12.6 Å². The third-order valence-corrected chi connectivity index (χ3v) is 2.88. The number of piperidine rings is 1. The highest BCUT2D eigenvalue weighted by Crippen LogP contribution is 2.11. The molecule has 0 spiro atoms. The van der Waals surface area contributed by atoms with Gasteiger partial charge in [-0.3, -0.25) is 4.79 Å². The van der Waals surface area contributed by atoms with Gasteiger partial charge in [0.2, 0.25) is 5.91 Å². The highest BCUT2D eigenvalue weighted by atomic mass is 16.1. The third kappa shape index (κ3) is 4.65. The first-order valence-electron chi connectivity index (χ1n) is 6.10. The Morgan fingerprint density at radius 3 is 2.73 bits per heavy atom. The van der Waals surface area contributed by atoms with Crippen molar-refractivity contribution in [2.24, 2.45) is 11.8 Å². The maximum atomic E-state index is 11.8. The van der Waals surface area contributed by atoms with Crippen molar-refractivity contribution in [3.05, 3.63) is 0 Å². The monoisotopic (exact) mass is 212 g/mol. The van der Waals surface area contributed by atoms with Gasteiger partial charge >= 0.3 is 0 Å². The molecule has 1 amide bonds. The van der Waals surface area contributed by atoms with E-state index in [4.69, 9.17) is 0 Å². The molecule has 1 aliphatic heterocycles. The fourth-order valence-electron chi connectivity index (χ4n) is 2.20. The first-order valence-corrected chi connectivity index (χ1v) is 6.10. The summed E-state index contributed by atoms with van der Waals surface area (Å²) in [6, 6.07) is 0.305. The van der Waals surface area contributed by atoms with Crippen LogP contribution in [0.5, 0.6) is 0 Å². The molecule has 3 heteroatoms. The molecule has 88 valence electrons. The van der Waals surface area contributed by atoms with Gasteiger partial charge in [-0.15, -0.1) is 0 Å². The van der Waals surface area contributed by atoms with E-state index >= 15 is 0 Å². The molecule has 15 heavy (non-hydrogen) atoms. The van der Waals surface area contributed by atoms with Gasteiger partial charge in [0.25, 0.3) is 0 Å². The minimum atomic E-state index is 0.188. The zero-order chi connectivity index (χ0) is 11.3. The number of carbonyl (C=O) groups excluding carboxylic acids is 1. The molecule has 0 aromatic carbocycles. The van der Waals surface area contributed by atoms with Crippen molar-refractivity contribution in [2.45, 2.75) is 46.1 Å². The van der Waals surface area contributed by atoms with E-state index in [0.29, 0.717) is 12.0 Å². The minimum absolute atomic E-state index is 0.188. The van der Waals surface area contributed by atoms with Gasteiger partial charge in [0.15, 0.2) is 0 Å². The molecule has 1 saturated heterocycles.